The Morgan fingerprint density at radius 2 is 1.88 bits per heavy atom. The molecule has 0 aliphatic carbocycles. The fourth-order valence-electron chi connectivity index (χ4n) is 2.17. The molecule has 0 bridgehead atoms. The summed E-state index contributed by atoms with van der Waals surface area (Å²) in [7, 11) is 1.59. The molecule has 0 aliphatic rings. The molecule has 1 N–H and O–H groups in total. The molecule has 1 amide bonds. The van der Waals surface area contributed by atoms with Gasteiger partial charge in [0, 0.05) is 11.4 Å². The van der Waals surface area contributed by atoms with Gasteiger partial charge in [-0.25, -0.2) is 0 Å². The number of amides is 1. The van der Waals surface area contributed by atoms with Gasteiger partial charge in [-0.1, -0.05) is 18.2 Å². The fraction of sp³-hybridized carbons (Fsp3) is 0.300. The number of methoxy groups -OCH3 is 1. The average Bonchev–Trinajstić information content (AvgIpc) is 2.65. The highest BCUT2D eigenvalue weighted by Crippen LogP contribution is 2.21. The van der Waals surface area contributed by atoms with Crippen LogP contribution in [0.1, 0.15) is 16.7 Å². The van der Waals surface area contributed by atoms with Crippen LogP contribution in [0.2, 0.25) is 0 Å². The van der Waals surface area contributed by atoms with Crippen LogP contribution < -0.4 is 10.1 Å². The summed E-state index contributed by atoms with van der Waals surface area (Å²) in [6.07, 6.45) is 0. The summed E-state index contributed by atoms with van der Waals surface area (Å²) in [4.78, 5) is 24.6. The standard InChI is InChI=1S/C20H23NO4S/c1-14-7-8-18(9-15(14)2)26-13-20(23)25-12-19(22)21-11-16-5-4-6-17(10-16)24-3/h4-10H,11-13H2,1-3H3,(H,21,22). The summed E-state index contributed by atoms with van der Waals surface area (Å²) in [5, 5.41) is 2.71. The zero-order valence-electron chi connectivity index (χ0n) is 15.2. The molecule has 2 aromatic rings. The Hall–Kier alpha value is -2.47. The van der Waals surface area contributed by atoms with Gasteiger partial charge in [0.05, 0.1) is 12.9 Å². The molecule has 0 saturated heterocycles. The first-order valence-corrected chi connectivity index (χ1v) is 9.22. The number of hydrogen-bond acceptors (Lipinski definition) is 5. The first kappa shape index (κ1) is 19.8. The van der Waals surface area contributed by atoms with E-state index >= 15 is 0 Å². The molecule has 0 atom stereocenters. The van der Waals surface area contributed by atoms with Gasteiger partial charge in [0.1, 0.15) is 5.75 Å². The molecule has 0 radical (unpaired) electrons. The van der Waals surface area contributed by atoms with E-state index in [4.69, 9.17) is 9.47 Å². The van der Waals surface area contributed by atoms with E-state index in [0.717, 1.165) is 16.2 Å². The first-order valence-electron chi connectivity index (χ1n) is 8.23. The van der Waals surface area contributed by atoms with E-state index in [2.05, 4.69) is 5.32 Å². The number of carbonyl (C=O) groups excluding carboxylic acids is 2. The number of nitrogens with one attached hydrogen (secondary N) is 1. The Bertz CT molecular complexity index is 776. The average molecular weight is 373 g/mol. The van der Waals surface area contributed by atoms with Crippen LogP contribution in [-0.4, -0.2) is 31.3 Å². The third-order valence-corrected chi connectivity index (χ3v) is 4.79. The minimum atomic E-state index is -0.412. The van der Waals surface area contributed by atoms with E-state index in [9.17, 15) is 9.59 Å². The highest BCUT2D eigenvalue weighted by molar-refractivity contribution is 8.00. The van der Waals surface area contributed by atoms with Crippen molar-refractivity contribution in [1.82, 2.24) is 5.32 Å². The van der Waals surface area contributed by atoms with Gasteiger partial charge in [0.2, 0.25) is 0 Å². The molecule has 0 saturated carbocycles. The molecular formula is C20H23NO4S. The minimum absolute atomic E-state index is 0.172. The van der Waals surface area contributed by atoms with Gasteiger partial charge in [-0.15, -0.1) is 11.8 Å². The Balaban J connectivity index is 1.69. The molecule has 0 unspecified atom stereocenters. The zero-order chi connectivity index (χ0) is 18.9. The number of hydrogen-bond donors (Lipinski definition) is 1. The van der Waals surface area contributed by atoms with E-state index in [-0.39, 0.29) is 18.3 Å². The molecule has 0 aromatic heterocycles. The fourth-order valence-corrected chi connectivity index (χ4v) is 2.96. The predicted octanol–water partition coefficient (Wildman–Crippen LogP) is 3.26. The minimum Gasteiger partial charge on any atom is -0.497 e. The van der Waals surface area contributed by atoms with Crippen LogP contribution in [0.15, 0.2) is 47.4 Å². The SMILES string of the molecule is COc1cccc(CNC(=O)COC(=O)CSc2ccc(C)c(C)c2)c1. The summed E-state index contributed by atoms with van der Waals surface area (Å²) in [6.45, 7) is 4.15. The summed E-state index contributed by atoms with van der Waals surface area (Å²) < 4.78 is 10.1. The molecule has 6 heteroatoms. The van der Waals surface area contributed by atoms with Crippen LogP contribution in [0.25, 0.3) is 0 Å². The molecule has 138 valence electrons. The van der Waals surface area contributed by atoms with Gasteiger partial charge in [0.15, 0.2) is 6.61 Å². The second-order valence-corrected chi connectivity index (χ2v) is 6.87. The van der Waals surface area contributed by atoms with Crippen LogP contribution in [0.5, 0.6) is 5.75 Å². The summed E-state index contributed by atoms with van der Waals surface area (Å²) in [5.41, 5.74) is 3.30. The Morgan fingerprint density at radius 3 is 2.62 bits per heavy atom. The molecular weight excluding hydrogens is 350 g/mol. The van der Waals surface area contributed by atoms with Crippen molar-refractivity contribution in [2.24, 2.45) is 0 Å². The maximum atomic E-state index is 11.8. The Morgan fingerprint density at radius 1 is 1.08 bits per heavy atom. The van der Waals surface area contributed by atoms with Gasteiger partial charge in [-0.05, 0) is 54.8 Å². The van der Waals surface area contributed by atoms with Crippen molar-refractivity contribution in [3.63, 3.8) is 0 Å². The molecule has 0 fully saturated rings. The highest BCUT2D eigenvalue weighted by atomic mass is 32.2. The molecule has 26 heavy (non-hydrogen) atoms. The largest absolute Gasteiger partial charge is 0.497 e. The van der Waals surface area contributed by atoms with Crippen molar-refractivity contribution < 1.29 is 19.1 Å². The summed E-state index contributed by atoms with van der Waals surface area (Å²) in [5.74, 6) is 0.153. The van der Waals surface area contributed by atoms with Crippen molar-refractivity contribution in [1.29, 1.82) is 0 Å². The van der Waals surface area contributed by atoms with Crippen molar-refractivity contribution in [3.8, 4) is 5.75 Å². The lowest BCUT2D eigenvalue weighted by Gasteiger charge is -2.08. The lowest BCUT2D eigenvalue weighted by molar-refractivity contribution is -0.145. The zero-order valence-corrected chi connectivity index (χ0v) is 16.0. The van der Waals surface area contributed by atoms with Gasteiger partial charge in [-0.2, -0.15) is 0 Å². The monoisotopic (exact) mass is 373 g/mol. The summed E-state index contributed by atoms with van der Waals surface area (Å²) in [6, 6.07) is 13.4. The Kier molecular flexibility index (Phi) is 7.53. The van der Waals surface area contributed by atoms with Crippen LogP contribution in [-0.2, 0) is 20.9 Å². The van der Waals surface area contributed by atoms with Crippen LogP contribution in [0.4, 0.5) is 0 Å². The van der Waals surface area contributed by atoms with Crippen LogP contribution in [0, 0.1) is 13.8 Å². The molecule has 0 heterocycles. The lowest BCUT2D eigenvalue weighted by atomic mass is 10.1. The third-order valence-electron chi connectivity index (χ3n) is 3.82. The van der Waals surface area contributed by atoms with Crippen molar-refractivity contribution in [3.05, 3.63) is 59.2 Å². The van der Waals surface area contributed by atoms with E-state index in [1.807, 2.05) is 56.3 Å². The number of ether oxygens (including phenoxy) is 2. The highest BCUT2D eigenvalue weighted by Gasteiger charge is 2.09. The smallest absolute Gasteiger partial charge is 0.316 e. The van der Waals surface area contributed by atoms with Crippen molar-refractivity contribution in [2.45, 2.75) is 25.3 Å². The lowest BCUT2D eigenvalue weighted by Crippen LogP contribution is -2.28. The van der Waals surface area contributed by atoms with Crippen molar-refractivity contribution >= 4 is 23.6 Å². The second kappa shape index (κ2) is 9.87. The third kappa shape index (κ3) is 6.44. The van der Waals surface area contributed by atoms with E-state index in [1.165, 1.54) is 22.9 Å². The van der Waals surface area contributed by atoms with E-state index in [0.29, 0.717) is 6.54 Å². The molecule has 2 aromatic carbocycles. The van der Waals surface area contributed by atoms with Crippen LogP contribution >= 0.6 is 11.8 Å². The quantitative estimate of drug-likeness (QED) is 0.568. The Labute approximate surface area is 158 Å². The van der Waals surface area contributed by atoms with Gasteiger partial charge in [-0.3, -0.25) is 9.59 Å². The van der Waals surface area contributed by atoms with Gasteiger partial charge >= 0.3 is 5.97 Å². The number of carbonyl (C=O) groups is 2. The maximum Gasteiger partial charge on any atom is 0.316 e. The van der Waals surface area contributed by atoms with Gasteiger partial charge in [0.25, 0.3) is 5.91 Å². The molecule has 2 rings (SSSR count). The molecule has 0 spiro atoms. The molecule has 5 nitrogen and oxygen atoms in total. The number of esters is 1. The number of rotatable bonds is 8. The van der Waals surface area contributed by atoms with Crippen molar-refractivity contribution in [2.75, 3.05) is 19.5 Å². The normalized spacial score (nSPS) is 10.3. The second-order valence-electron chi connectivity index (χ2n) is 5.82. The van der Waals surface area contributed by atoms with Gasteiger partial charge < -0.3 is 14.8 Å². The first-order chi connectivity index (χ1) is 12.5. The van der Waals surface area contributed by atoms with E-state index < -0.39 is 5.97 Å². The predicted molar refractivity (Wildman–Crippen MR) is 102 cm³/mol. The van der Waals surface area contributed by atoms with Crippen LogP contribution in [0.3, 0.4) is 0 Å². The number of benzene rings is 2. The molecule has 0 aliphatic heterocycles. The summed E-state index contributed by atoms with van der Waals surface area (Å²) >= 11 is 1.40. The topological polar surface area (TPSA) is 64.6 Å². The maximum absolute atomic E-state index is 11.8. The number of aryl methyl sites for hydroxylation is 2. The number of thioether (sulfide) groups is 1. The van der Waals surface area contributed by atoms with E-state index in [1.54, 1.807) is 7.11 Å².